The van der Waals surface area contributed by atoms with E-state index in [0.717, 1.165) is 24.9 Å². The van der Waals surface area contributed by atoms with E-state index >= 15 is 0 Å². The minimum Gasteiger partial charge on any atom is -0.396 e. The van der Waals surface area contributed by atoms with Crippen molar-refractivity contribution in [2.45, 2.75) is 45.3 Å². The number of aliphatic hydroxyl groups is 2. The summed E-state index contributed by atoms with van der Waals surface area (Å²) in [5.74, 6) is 0. The van der Waals surface area contributed by atoms with Gasteiger partial charge in [-0.1, -0.05) is 12.1 Å². The Hall–Kier alpha value is -1.06. The number of aliphatic hydroxyl groups excluding tert-OH is 2. The number of hydrogen-bond donors (Lipinski definition) is 2. The third kappa shape index (κ3) is 2.85. The maximum absolute atomic E-state index is 9.15. The van der Waals surface area contributed by atoms with Gasteiger partial charge in [0.05, 0.1) is 6.61 Å². The molecule has 100 valence electrons. The van der Waals surface area contributed by atoms with E-state index in [4.69, 9.17) is 10.2 Å². The Kier molecular flexibility index (Phi) is 4.61. The average Bonchev–Trinajstić information content (AvgIpc) is 2.84. The van der Waals surface area contributed by atoms with Crippen LogP contribution in [0.3, 0.4) is 0 Å². The fraction of sp³-hybridized carbons (Fsp3) is 0.600. The molecule has 1 aliphatic heterocycles. The third-order valence-electron chi connectivity index (χ3n) is 3.83. The van der Waals surface area contributed by atoms with Gasteiger partial charge in [0, 0.05) is 24.9 Å². The molecule has 1 atom stereocenters. The lowest BCUT2D eigenvalue weighted by molar-refractivity contribution is 0.279. The summed E-state index contributed by atoms with van der Waals surface area (Å²) in [6.45, 7) is 3.60. The predicted molar refractivity (Wildman–Crippen MR) is 73.8 cm³/mol. The molecule has 0 amide bonds. The Bertz CT molecular complexity index is 392. The van der Waals surface area contributed by atoms with Crippen molar-refractivity contribution in [3.63, 3.8) is 0 Å². The highest BCUT2D eigenvalue weighted by Gasteiger charge is 2.25. The van der Waals surface area contributed by atoms with Gasteiger partial charge in [0.15, 0.2) is 0 Å². The minimum absolute atomic E-state index is 0.106. The molecule has 2 rings (SSSR count). The van der Waals surface area contributed by atoms with Crippen LogP contribution in [0.2, 0.25) is 0 Å². The summed E-state index contributed by atoms with van der Waals surface area (Å²) in [6, 6.07) is 6.76. The molecule has 1 aromatic rings. The summed E-state index contributed by atoms with van der Waals surface area (Å²) in [4.78, 5) is 2.46. The van der Waals surface area contributed by atoms with Crippen LogP contribution in [-0.4, -0.2) is 29.4 Å². The number of rotatable bonds is 5. The van der Waals surface area contributed by atoms with Gasteiger partial charge in [-0.3, -0.25) is 0 Å². The van der Waals surface area contributed by atoms with Gasteiger partial charge in [0.2, 0.25) is 0 Å². The molecule has 1 fully saturated rings. The highest BCUT2D eigenvalue weighted by atomic mass is 16.3. The second-order valence-electron chi connectivity index (χ2n) is 5.13. The summed E-state index contributed by atoms with van der Waals surface area (Å²) in [5, 5.41) is 18.1. The Labute approximate surface area is 109 Å². The second kappa shape index (κ2) is 6.21. The van der Waals surface area contributed by atoms with Gasteiger partial charge in [-0.05, 0) is 49.8 Å². The zero-order valence-electron chi connectivity index (χ0n) is 11.1. The van der Waals surface area contributed by atoms with Crippen LogP contribution in [0.4, 0.5) is 5.69 Å². The molecule has 1 aromatic carbocycles. The monoisotopic (exact) mass is 249 g/mol. The number of benzene rings is 1. The molecule has 1 aliphatic rings. The molecular weight excluding hydrogens is 226 g/mol. The lowest BCUT2D eigenvalue weighted by Crippen LogP contribution is -2.29. The maximum atomic E-state index is 9.15. The van der Waals surface area contributed by atoms with Crippen molar-refractivity contribution in [2.75, 3.05) is 18.1 Å². The van der Waals surface area contributed by atoms with E-state index in [1.807, 2.05) is 6.07 Å². The lowest BCUT2D eigenvalue weighted by atomic mass is 10.1. The molecule has 0 spiro atoms. The van der Waals surface area contributed by atoms with Crippen LogP contribution in [-0.2, 0) is 6.61 Å². The highest BCUT2D eigenvalue weighted by Crippen LogP contribution is 2.30. The van der Waals surface area contributed by atoms with Crippen LogP contribution < -0.4 is 4.90 Å². The average molecular weight is 249 g/mol. The summed E-state index contributed by atoms with van der Waals surface area (Å²) < 4.78 is 0. The van der Waals surface area contributed by atoms with E-state index < -0.39 is 0 Å². The Morgan fingerprint density at radius 3 is 2.83 bits per heavy atom. The smallest absolute Gasteiger partial charge is 0.0681 e. The molecule has 18 heavy (non-hydrogen) atoms. The topological polar surface area (TPSA) is 43.7 Å². The highest BCUT2D eigenvalue weighted by molar-refractivity contribution is 5.55. The van der Waals surface area contributed by atoms with Crippen LogP contribution in [0.5, 0.6) is 0 Å². The molecule has 0 bridgehead atoms. The second-order valence-corrected chi connectivity index (χ2v) is 5.13. The number of aryl methyl sites for hydroxylation is 1. The molecule has 1 heterocycles. The number of hydrogen-bond acceptors (Lipinski definition) is 3. The first kappa shape index (κ1) is 13.4. The third-order valence-corrected chi connectivity index (χ3v) is 3.83. The van der Waals surface area contributed by atoms with Gasteiger partial charge in [-0.15, -0.1) is 0 Å². The van der Waals surface area contributed by atoms with Gasteiger partial charge in [-0.2, -0.15) is 0 Å². The van der Waals surface area contributed by atoms with E-state index in [-0.39, 0.29) is 13.2 Å². The van der Waals surface area contributed by atoms with Crippen molar-refractivity contribution in [3.8, 4) is 0 Å². The van der Waals surface area contributed by atoms with Crippen LogP contribution >= 0.6 is 0 Å². The summed E-state index contributed by atoms with van der Waals surface area (Å²) in [5.41, 5.74) is 3.49. The first-order valence-corrected chi connectivity index (χ1v) is 6.84. The fourth-order valence-corrected chi connectivity index (χ4v) is 2.92. The van der Waals surface area contributed by atoms with E-state index in [1.54, 1.807) is 0 Å². The van der Waals surface area contributed by atoms with E-state index in [1.165, 1.54) is 24.1 Å². The summed E-state index contributed by atoms with van der Waals surface area (Å²) >= 11 is 0. The molecule has 2 N–H and O–H groups in total. The van der Waals surface area contributed by atoms with Crippen LogP contribution in [0.1, 0.15) is 36.8 Å². The lowest BCUT2D eigenvalue weighted by Gasteiger charge is -2.28. The zero-order chi connectivity index (χ0) is 13.0. The van der Waals surface area contributed by atoms with Crippen molar-refractivity contribution >= 4 is 5.69 Å². The minimum atomic E-state index is 0.106. The van der Waals surface area contributed by atoms with Crippen LogP contribution in [0.25, 0.3) is 0 Å². The molecule has 3 heteroatoms. The Morgan fingerprint density at radius 1 is 1.33 bits per heavy atom. The zero-order valence-corrected chi connectivity index (χ0v) is 11.1. The van der Waals surface area contributed by atoms with Gasteiger partial charge < -0.3 is 15.1 Å². The largest absolute Gasteiger partial charge is 0.396 e. The van der Waals surface area contributed by atoms with Crippen molar-refractivity contribution < 1.29 is 10.2 Å². The molecule has 3 nitrogen and oxygen atoms in total. The normalized spacial score (nSPS) is 19.5. The van der Waals surface area contributed by atoms with E-state index in [2.05, 4.69) is 24.0 Å². The fourth-order valence-electron chi connectivity index (χ4n) is 2.92. The molecule has 1 unspecified atom stereocenters. The quantitative estimate of drug-likeness (QED) is 0.841. The van der Waals surface area contributed by atoms with Gasteiger partial charge >= 0.3 is 0 Å². The Balaban J connectivity index is 2.14. The Morgan fingerprint density at radius 2 is 2.17 bits per heavy atom. The first-order valence-electron chi connectivity index (χ1n) is 6.84. The van der Waals surface area contributed by atoms with Crippen molar-refractivity contribution in [3.05, 3.63) is 29.3 Å². The first-order chi connectivity index (χ1) is 8.76. The molecular formula is C15H23NO2. The molecule has 0 radical (unpaired) electrons. The molecule has 0 aromatic heterocycles. The van der Waals surface area contributed by atoms with Gasteiger partial charge in [0.1, 0.15) is 0 Å². The van der Waals surface area contributed by atoms with Gasteiger partial charge in [-0.25, -0.2) is 0 Å². The SMILES string of the molecule is Cc1cc(CO)ccc1N1CCCC1CCCO. The van der Waals surface area contributed by atoms with Gasteiger partial charge in [0.25, 0.3) is 0 Å². The van der Waals surface area contributed by atoms with E-state index in [0.29, 0.717) is 6.04 Å². The number of anilines is 1. The molecule has 0 aliphatic carbocycles. The van der Waals surface area contributed by atoms with Crippen molar-refractivity contribution in [1.29, 1.82) is 0 Å². The van der Waals surface area contributed by atoms with Crippen LogP contribution in [0, 0.1) is 6.92 Å². The number of nitrogens with zero attached hydrogens (tertiary/aromatic N) is 1. The maximum Gasteiger partial charge on any atom is 0.0681 e. The molecule has 0 saturated carbocycles. The predicted octanol–water partition coefficient (Wildman–Crippen LogP) is 2.23. The standard InChI is InChI=1S/C15H23NO2/c1-12-10-13(11-18)6-7-15(12)16-8-2-4-14(16)5-3-9-17/h6-7,10,14,17-18H,2-5,8-9,11H2,1H3. The van der Waals surface area contributed by atoms with Crippen molar-refractivity contribution in [1.82, 2.24) is 0 Å². The van der Waals surface area contributed by atoms with E-state index in [9.17, 15) is 0 Å². The summed E-state index contributed by atoms with van der Waals surface area (Å²) in [7, 11) is 0. The molecule has 1 saturated heterocycles. The summed E-state index contributed by atoms with van der Waals surface area (Å²) in [6.07, 6.45) is 4.41. The van der Waals surface area contributed by atoms with Crippen molar-refractivity contribution in [2.24, 2.45) is 0 Å². The van der Waals surface area contributed by atoms with Crippen LogP contribution in [0.15, 0.2) is 18.2 Å².